The van der Waals surface area contributed by atoms with E-state index >= 15 is 0 Å². The van der Waals surface area contributed by atoms with E-state index in [-0.39, 0.29) is 11.9 Å². The van der Waals surface area contributed by atoms with Gasteiger partial charge < -0.3 is 10.1 Å². The van der Waals surface area contributed by atoms with Gasteiger partial charge in [-0.15, -0.1) is 0 Å². The monoisotopic (exact) mass is 259 g/mol. The standard InChI is InChI=1S/C14H17N3O2/c1-2-19-12-6-11(7-12)16-14(18)9-3-4-10-8-15-17-13(10)5-9/h3-5,8,11-12H,2,6-7H2,1H3,(H,15,17)(H,16,18). The highest BCUT2D eigenvalue weighted by molar-refractivity contribution is 5.97. The number of rotatable bonds is 4. The fourth-order valence-electron chi connectivity index (χ4n) is 2.40. The van der Waals surface area contributed by atoms with Gasteiger partial charge in [0.05, 0.1) is 17.8 Å². The van der Waals surface area contributed by atoms with Gasteiger partial charge in [-0.05, 0) is 31.9 Å². The number of carbonyl (C=O) groups is 1. The molecule has 0 unspecified atom stereocenters. The summed E-state index contributed by atoms with van der Waals surface area (Å²) in [7, 11) is 0. The Kier molecular flexibility index (Phi) is 3.21. The lowest BCUT2D eigenvalue weighted by molar-refractivity contribution is -0.00862. The second-order valence-corrected chi connectivity index (χ2v) is 4.89. The summed E-state index contributed by atoms with van der Waals surface area (Å²) < 4.78 is 5.48. The lowest BCUT2D eigenvalue weighted by Gasteiger charge is -2.35. The molecule has 3 rings (SSSR count). The topological polar surface area (TPSA) is 67.0 Å². The Morgan fingerprint density at radius 2 is 2.37 bits per heavy atom. The Hall–Kier alpha value is -1.88. The summed E-state index contributed by atoms with van der Waals surface area (Å²) in [5, 5.41) is 10.9. The van der Waals surface area contributed by atoms with E-state index in [0.29, 0.717) is 11.7 Å². The fraction of sp³-hybridized carbons (Fsp3) is 0.429. The van der Waals surface area contributed by atoms with Crippen molar-refractivity contribution in [2.24, 2.45) is 0 Å². The van der Waals surface area contributed by atoms with E-state index in [2.05, 4.69) is 15.5 Å². The van der Waals surface area contributed by atoms with Crippen molar-refractivity contribution in [2.45, 2.75) is 31.9 Å². The molecule has 1 saturated carbocycles. The van der Waals surface area contributed by atoms with E-state index in [4.69, 9.17) is 4.74 Å². The van der Waals surface area contributed by atoms with Gasteiger partial charge in [0, 0.05) is 23.6 Å². The molecule has 5 nitrogen and oxygen atoms in total. The van der Waals surface area contributed by atoms with Gasteiger partial charge in [0.2, 0.25) is 0 Å². The number of amides is 1. The molecular weight excluding hydrogens is 242 g/mol. The van der Waals surface area contributed by atoms with Crippen LogP contribution in [0, 0.1) is 0 Å². The largest absolute Gasteiger partial charge is 0.378 e. The molecule has 2 N–H and O–H groups in total. The molecule has 100 valence electrons. The first-order valence-electron chi connectivity index (χ1n) is 6.62. The molecule has 0 saturated heterocycles. The molecule has 1 aromatic carbocycles. The van der Waals surface area contributed by atoms with Gasteiger partial charge in [-0.1, -0.05) is 6.07 Å². The van der Waals surface area contributed by atoms with Crippen molar-refractivity contribution >= 4 is 16.8 Å². The Morgan fingerprint density at radius 3 is 3.16 bits per heavy atom. The second kappa shape index (κ2) is 5.01. The van der Waals surface area contributed by atoms with Gasteiger partial charge in [-0.3, -0.25) is 9.89 Å². The third kappa shape index (κ3) is 2.46. The summed E-state index contributed by atoms with van der Waals surface area (Å²) in [5.41, 5.74) is 1.55. The minimum atomic E-state index is -0.0311. The third-order valence-corrected chi connectivity index (χ3v) is 3.54. The van der Waals surface area contributed by atoms with Gasteiger partial charge in [-0.2, -0.15) is 5.10 Å². The van der Waals surface area contributed by atoms with Crippen molar-refractivity contribution in [2.75, 3.05) is 6.61 Å². The Bertz CT molecular complexity index is 587. The highest BCUT2D eigenvalue weighted by Crippen LogP contribution is 2.23. The number of nitrogens with one attached hydrogen (secondary N) is 2. The van der Waals surface area contributed by atoms with Crippen molar-refractivity contribution in [1.29, 1.82) is 0 Å². The van der Waals surface area contributed by atoms with Crippen molar-refractivity contribution in [3.8, 4) is 0 Å². The number of aromatic amines is 1. The highest BCUT2D eigenvalue weighted by atomic mass is 16.5. The van der Waals surface area contributed by atoms with E-state index in [0.717, 1.165) is 30.4 Å². The van der Waals surface area contributed by atoms with Crippen LogP contribution < -0.4 is 5.32 Å². The number of carbonyl (C=O) groups excluding carboxylic acids is 1. The molecule has 1 aliphatic carbocycles. The lowest BCUT2D eigenvalue weighted by Crippen LogP contribution is -2.47. The van der Waals surface area contributed by atoms with Crippen LogP contribution in [0.25, 0.3) is 10.9 Å². The van der Waals surface area contributed by atoms with Crippen LogP contribution in [0.1, 0.15) is 30.1 Å². The van der Waals surface area contributed by atoms with Crippen LogP contribution in [0.3, 0.4) is 0 Å². The van der Waals surface area contributed by atoms with Crippen LogP contribution >= 0.6 is 0 Å². The van der Waals surface area contributed by atoms with E-state index < -0.39 is 0 Å². The average molecular weight is 259 g/mol. The SMILES string of the molecule is CCOC1CC(NC(=O)c2ccc3cn[nH]c3c2)C1. The summed E-state index contributed by atoms with van der Waals surface area (Å²) >= 11 is 0. The molecule has 1 heterocycles. The van der Waals surface area contributed by atoms with Crippen molar-refractivity contribution in [3.63, 3.8) is 0 Å². The van der Waals surface area contributed by atoms with Crippen LogP contribution in [0.15, 0.2) is 24.4 Å². The van der Waals surface area contributed by atoms with Gasteiger partial charge in [-0.25, -0.2) is 0 Å². The zero-order valence-electron chi connectivity index (χ0n) is 10.8. The Morgan fingerprint density at radius 1 is 1.53 bits per heavy atom. The summed E-state index contributed by atoms with van der Waals surface area (Å²) in [6, 6.07) is 5.79. The maximum absolute atomic E-state index is 12.1. The molecule has 19 heavy (non-hydrogen) atoms. The summed E-state index contributed by atoms with van der Waals surface area (Å²) in [6.45, 7) is 2.73. The van der Waals surface area contributed by atoms with Gasteiger partial charge >= 0.3 is 0 Å². The minimum absolute atomic E-state index is 0.0311. The number of fused-ring (bicyclic) bond motifs is 1. The van der Waals surface area contributed by atoms with Crippen molar-refractivity contribution in [3.05, 3.63) is 30.0 Å². The maximum Gasteiger partial charge on any atom is 0.251 e. The van der Waals surface area contributed by atoms with Crippen molar-refractivity contribution < 1.29 is 9.53 Å². The quantitative estimate of drug-likeness (QED) is 0.880. The normalized spacial score (nSPS) is 22.2. The molecule has 0 atom stereocenters. The number of hydrogen-bond acceptors (Lipinski definition) is 3. The molecule has 1 aromatic heterocycles. The molecular formula is C14H17N3O2. The molecule has 1 aliphatic rings. The molecule has 0 spiro atoms. The first kappa shape index (κ1) is 12.2. The van der Waals surface area contributed by atoms with Crippen molar-refractivity contribution in [1.82, 2.24) is 15.5 Å². The van der Waals surface area contributed by atoms with Crippen LogP contribution in [0.5, 0.6) is 0 Å². The number of aromatic nitrogens is 2. The van der Waals surface area contributed by atoms with Gasteiger partial charge in [0.1, 0.15) is 0 Å². The second-order valence-electron chi connectivity index (χ2n) is 4.89. The molecule has 0 bridgehead atoms. The van der Waals surface area contributed by atoms with E-state index in [9.17, 15) is 4.79 Å². The summed E-state index contributed by atoms with van der Waals surface area (Å²) in [5.74, 6) is -0.0311. The first-order valence-corrected chi connectivity index (χ1v) is 6.62. The van der Waals surface area contributed by atoms with Crippen LogP contribution in [-0.4, -0.2) is 34.9 Å². The molecule has 1 amide bonds. The zero-order chi connectivity index (χ0) is 13.2. The van der Waals surface area contributed by atoms with Gasteiger partial charge in [0.15, 0.2) is 0 Å². The fourth-order valence-corrected chi connectivity index (χ4v) is 2.40. The van der Waals surface area contributed by atoms with Crippen LogP contribution in [0.4, 0.5) is 0 Å². The van der Waals surface area contributed by atoms with E-state index in [1.54, 1.807) is 6.20 Å². The average Bonchev–Trinajstić information content (AvgIpc) is 2.83. The molecule has 2 aromatic rings. The number of benzene rings is 1. The Labute approximate surface area is 111 Å². The number of hydrogen-bond donors (Lipinski definition) is 2. The minimum Gasteiger partial charge on any atom is -0.378 e. The Balaban J connectivity index is 1.61. The predicted molar refractivity (Wildman–Crippen MR) is 72.0 cm³/mol. The smallest absolute Gasteiger partial charge is 0.251 e. The molecule has 1 fully saturated rings. The highest BCUT2D eigenvalue weighted by Gasteiger charge is 2.30. The predicted octanol–water partition coefficient (Wildman–Crippen LogP) is 1.86. The lowest BCUT2D eigenvalue weighted by atomic mass is 9.89. The molecule has 0 radical (unpaired) electrons. The summed E-state index contributed by atoms with van der Waals surface area (Å²) in [6.07, 6.45) is 3.87. The molecule has 5 heteroatoms. The zero-order valence-corrected chi connectivity index (χ0v) is 10.8. The number of nitrogens with zero attached hydrogens (tertiary/aromatic N) is 1. The summed E-state index contributed by atoms with van der Waals surface area (Å²) in [4.78, 5) is 12.1. The first-order chi connectivity index (χ1) is 9.26. The third-order valence-electron chi connectivity index (χ3n) is 3.54. The maximum atomic E-state index is 12.1. The van der Waals surface area contributed by atoms with E-state index in [1.165, 1.54) is 0 Å². The molecule has 0 aliphatic heterocycles. The number of H-pyrrole nitrogens is 1. The number of ether oxygens (including phenoxy) is 1. The van der Waals surface area contributed by atoms with E-state index in [1.807, 2.05) is 25.1 Å². The van der Waals surface area contributed by atoms with Crippen LogP contribution in [0.2, 0.25) is 0 Å². The van der Waals surface area contributed by atoms with Crippen LogP contribution in [-0.2, 0) is 4.74 Å². The van der Waals surface area contributed by atoms with Gasteiger partial charge in [0.25, 0.3) is 5.91 Å².